The Kier molecular flexibility index (Phi) is 6.17. The Morgan fingerprint density at radius 1 is 0.348 bits per heavy atom. The number of hydrogen-bond donors (Lipinski definition) is 0. The molecule has 0 saturated heterocycles. The number of rotatable bonds is 5. The van der Waals surface area contributed by atoms with E-state index in [1.807, 2.05) is 0 Å². The van der Waals surface area contributed by atoms with Crippen molar-refractivity contribution in [1.29, 1.82) is 0 Å². The predicted octanol–water partition coefficient (Wildman–Crippen LogP) is 12.2. The SMILES string of the molecule is c1ccc(-c2ccc(N(c3ccccc3)c3ccc4ccc(-n5c6ccccc6c6c7ccccc7ccc65)cc4c3)cc2)cc1. The lowest BCUT2D eigenvalue weighted by Crippen LogP contribution is -2.09. The van der Waals surface area contributed by atoms with Crippen molar-refractivity contribution in [1.82, 2.24) is 4.57 Å². The van der Waals surface area contributed by atoms with Gasteiger partial charge in [-0.05, 0) is 93.3 Å². The highest BCUT2D eigenvalue weighted by atomic mass is 15.1. The molecule has 46 heavy (non-hydrogen) atoms. The molecule has 0 unspecified atom stereocenters. The summed E-state index contributed by atoms with van der Waals surface area (Å²) in [5.41, 5.74) is 9.39. The molecule has 0 saturated carbocycles. The quantitative estimate of drug-likeness (QED) is 0.195. The molecule has 0 radical (unpaired) electrons. The third-order valence-corrected chi connectivity index (χ3v) is 9.13. The molecule has 0 N–H and O–H groups in total. The van der Waals surface area contributed by atoms with Gasteiger partial charge in [0.05, 0.1) is 11.0 Å². The summed E-state index contributed by atoms with van der Waals surface area (Å²) in [7, 11) is 0. The van der Waals surface area contributed by atoms with Gasteiger partial charge in [0.25, 0.3) is 0 Å². The second kappa shape index (κ2) is 10.8. The van der Waals surface area contributed by atoms with E-state index in [-0.39, 0.29) is 0 Å². The van der Waals surface area contributed by atoms with E-state index in [0.717, 1.165) is 22.7 Å². The maximum atomic E-state index is 2.42. The van der Waals surface area contributed by atoms with E-state index in [1.165, 1.54) is 54.5 Å². The van der Waals surface area contributed by atoms with Gasteiger partial charge in [0.2, 0.25) is 0 Å². The molecular formula is C44H30N2. The standard InChI is InChI=1S/C44H30N2/c1-3-11-31(12-4-1)32-19-24-37(25-20-32)45(36-14-5-2-6-15-36)38-26-21-33-22-27-39(30-35(33)29-38)46-42-18-10-9-17-41(42)44-40-16-8-7-13-34(40)23-28-43(44)46/h1-30H. The van der Waals surface area contributed by atoms with E-state index in [1.54, 1.807) is 0 Å². The van der Waals surface area contributed by atoms with Gasteiger partial charge in [-0.1, -0.05) is 121 Å². The Hall–Kier alpha value is -6.12. The van der Waals surface area contributed by atoms with Gasteiger partial charge in [-0.2, -0.15) is 0 Å². The van der Waals surface area contributed by atoms with E-state index < -0.39 is 0 Å². The largest absolute Gasteiger partial charge is 0.310 e. The maximum absolute atomic E-state index is 2.42. The fourth-order valence-corrected chi connectivity index (χ4v) is 6.97. The molecular weight excluding hydrogens is 556 g/mol. The molecule has 8 aromatic carbocycles. The number of hydrogen-bond acceptors (Lipinski definition) is 1. The fourth-order valence-electron chi connectivity index (χ4n) is 6.97. The van der Waals surface area contributed by atoms with E-state index >= 15 is 0 Å². The van der Waals surface area contributed by atoms with Crippen molar-refractivity contribution in [2.24, 2.45) is 0 Å². The fraction of sp³-hybridized carbons (Fsp3) is 0. The third-order valence-electron chi connectivity index (χ3n) is 9.13. The first kappa shape index (κ1) is 26.3. The van der Waals surface area contributed by atoms with Crippen LogP contribution in [0.1, 0.15) is 0 Å². The molecule has 0 fully saturated rings. The van der Waals surface area contributed by atoms with Crippen LogP contribution in [0.4, 0.5) is 17.1 Å². The summed E-state index contributed by atoms with van der Waals surface area (Å²) >= 11 is 0. The number of para-hydroxylation sites is 2. The number of benzene rings is 8. The molecule has 9 aromatic rings. The van der Waals surface area contributed by atoms with Crippen molar-refractivity contribution in [2.75, 3.05) is 4.90 Å². The zero-order valence-corrected chi connectivity index (χ0v) is 25.2. The van der Waals surface area contributed by atoms with Gasteiger partial charge >= 0.3 is 0 Å². The molecule has 0 bridgehead atoms. The Labute approximate surface area is 268 Å². The van der Waals surface area contributed by atoms with Crippen molar-refractivity contribution in [3.8, 4) is 16.8 Å². The molecule has 2 nitrogen and oxygen atoms in total. The van der Waals surface area contributed by atoms with Crippen molar-refractivity contribution >= 4 is 60.4 Å². The first-order valence-electron chi connectivity index (χ1n) is 15.8. The highest BCUT2D eigenvalue weighted by molar-refractivity contribution is 6.21. The normalized spacial score (nSPS) is 11.5. The van der Waals surface area contributed by atoms with Crippen LogP contribution in [-0.2, 0) is 0 Å². The topological polar surface area (TPSA) is 8.17 Å². The van der Waals surface area contributed by atoms with E-state index in [2.05, 4.69) is 191 Å². The summed E-state index contributed by atoms with van der Waals surface area (Å²) in [6.45, 7) is 0. The summed E-state index contributed by atoms with van der Waals surface area (Å²) in [5, 5.41) is 7.54. The average Bonchev–Trinajstić information content (AvgIpc) is 3.47. The molecule has 1 aromatic heterocycles. The molecule has 0 aliphatic heterocycles. The van der Waals surface area contributed by atoms with Gasteiger partial charge in [0.15, 0.2) is 0 Å². The van der Waals surface area contributed by atoms with Crippen LogP contribution in [0.2, 0.25) is 0 Å². The summed E-state index contributed by atoms with van der Waals surface area (Å²) in [6, 6.07) is 65.6. The van der Waals surface area contributed by atoms with Gasteiger partial charge in [-0.15, -0.1) is 0 Å². The monoisotopic (exact) mass is 586 g/mol. The van der Waals surface area contributed by atoms with Crippen LogP contribution in [0.25, 0.3) is 60.2 Å². The molecule has 0 atom stereocenters. The molecule has 9 rings (SSSR count). The van der Waals surface area contributed by atoms with Crippen LogP contribution in [0.15, 0.2) is 182 Å². The van der Waals surface area contributed by atoms with Gasteiger partial charge in [0.1, 0.15) is 0 Å². The summed E-state index contributed by atoms with van der Waals surface area (Å²) < 4.78 is 2.42. The number of anilines is 3. The molecule has 1 heterocycles. The highest BCUT2D eigenvalue weighted by Gasteiger charge is 2.16. The molecule has 0 aliphatic rings. The van der Waals surface area contributed by atoms with Crippen LogP contribution in [0, 0.1) is 0 Å². The van der Waals surface area contributed by atoms with Gasteiger partial charge in [0, 0.05) is 33.5 Å². The Morgan fingerprint density at radius 3 is 1.78 bits per heavy atom. The zero-order valence-electron chi connectivity index (χ0n) is 25.2. The van der Waals surface area contributed by atoms with Crippen LogP contribution in [-0.4, -0.2) is 4.57 Å². The summed E-state index contributed by atoms with van der Waals surface area (Å²) in [4.78, 5) is 2.34. The average molecular weight is 587 g/mol. The predicted molar refractivity (Wildman–Crippen MR) is 196 cm³/mol. The van der Waals surface area contributed by atoms with E-state index in [0.29, 0.717) is 0 Å². The van der Waals surface area contributed by atoms with E-state index in [4.69, 9.17) is 0 Å². The molecule has 0 aliphatic carbocycles. The minimum Gasteiger partial charge on any atom is -0.310 e. The zero-order chi connectivity index (χ0) is 30.5. The van der Waals surface area contributed by atoms with Crippen molar-refractivity contribution < 1.29 is 0 Å². The first-order chi connectivity index (χ1) is 22.8. The Morgan fingerprint density at radius 2 is 0.957 bits per heavy atom. The van der Waals surface area contributed by atoms with Crippen molar-refractivity contribution in [2.45, 2.75) is 0 Å². The van der Waals surface area contributed by atoms with Gasteiger partial charge in [-0.25, -0.2) is 0 Å². The van der Waals surface area contributed by atoms with Crippen LogP contribution < -0.4 is 4.90 Å². The lowest BCUT2D eigenvalue weighted by molar-refractivity contribution is 1.19. The first-order valence-corrected chi connectivity index (χ1v) is 15.8. The second-order valence-corrected chi connectivity index (χ2v) is 11.8. The van der Waals surface area contributed by atoms with Gasteiger partial charge in [-0.3, -0.25) is 0 Å². The molecule has 0 amide bonds. The molecule has 216 valence electrons. The van der Waals surface area contributed by atoms with Crippen molar-refractivity contribution in [3.63, 3.8) is 0 Å². The van der Waals surface area contributed by atoms with E-state index in [9.17, 15) is 0 Å². The smallest absolute Gasteiger partial charge is 0.0547 e. The van der Waals surface area contributed by atoms with Crippen LogP contribution in [0.3, 0.4) is 0 Å². The summed E-state index contributed by atoms with van der Waals surface area (Å²) in [5.74, 6) is 0. The maximum Gasteiger partial charge on any atom is 0.0547 e. The Bertz CT molecular complexity index is 2510. The van der Waals surface area contributed by atoms with Gasteiger partial charge < -0.3 is 9.47 Å². The minimum atomic E-state index is 1.12. The Balaban J connectivity index is 1.20. The lowest BCUT2D eigenvalue weighted by atomic mass is 10.0. The number of aromatic nitrogens is 1. The number of fused-ring (bicyclic) bond motifs is 6. The minimum absolute atomic E-state index is 1.12. The number of nitrogens with zero attached hydrogens (tertiary/aromatic N) is 2. The van der Waals surface area contributed by atoms with Crippen LogP contribution in [0.5, 0.6) is 0 Å². The van der Waals surface area contributed by atoms with Crippen LogP contribution >= 0.6 is 0 Å². The third kappa shape index (κ3) is 4.35. The molecule has 0 spiro atoms. The summed E-state index contributed by atoms with van der Waals surface area (Å²) in [6.07, 6.45) is 0. The lowest BCUT2D eigenvalue weighted by Gasteiger charge is -2.26. The molecule has 2 heteroatoms. The second-order valence-electron chi connectivity index (χ2n) is 11.8. The van der Waals surface area contributed by atoms with Crippen molar-refractivity contribution in [3.05, 3.63) is 182 Å². The highest BCUT2D eigenvalue weighted by Crippen LogP contribution is 2.39.